The number of aliphatic carboxylic acids is 1. The molecule has 13 atom stereocenters. The van der Waals surface area contributed by atoms with Crippen LogP contribution in [0, 0.1) is 12.7 Å². The largest absolute Gasteiger partial charge is 0.479 e. The van der Waals surface area contributed by atoms with Crippen LogP contribution in [0.3, 0.4) is 0 Å². The van der Waals surface area contributed by atoms with Crippen LogP contribution in [0.2, 0.25) is 0 Å². The van der Waals surface area contributed by atoms with Gasteiger partial charge in [0.2, 0.25) is 5.91 Å². The standard InChI is InChI=1S/C42H44FNO15S/c1-20-17-24(21-7-9-23(10-8-21)37-34(49)32(47)31(46)28(18-45)57-37)13-16-27(20)30-39(40(52)44(30)26-5-3-2-4-6-26)60(55,56)19-29(22-11-14-25(43)15-12-22)58-42-36(51)33(48)35(50)38(59-42)41(53)54/h2-17,28-39,42,45-51H,18-19H2,1H3,(H,53,54)/t28-,29+,30-,31-,32+,33+,34-,35-,36?,37?,38?,39-,42-/m1/s1. The molecular formula is C42H44FNO15S. The van der Waals surface area contributed by atoms with E-state index >= 15 is 0 Å². The van der Waals surface area contributed by atoms with Gasteiger partial charge in [-0.2, -0.15) is 0 Å². The molecule has 8 N–H and O–H groups in total. The molecule has 0 bridgehead atoms. The highest BCUT2D eigenvalue weighted by molar-refractivity contribution is 7.93. The summed E-state index contributed by atoms with van der Waals surface area (Å²) in [4.78, 5) is 27.2. The van der Waals surface area contributed by atoms with Crippen molar-refractivity contribution in [2.45, 2.75) is 85.5 Å². The van der Waals surface area contributed by atoms with Crippen molar-refractivity contribution in [3.05, 3.63) is 125 Å². The number of carboxylic acids is 1. The summed E-state index contributed by atoms with van der Waals surface area (Å²) in [6, 6.07) is 23.9. The summed E-state index contributed by atoms with van der Waals surface area (Å²) >= 11 is 0. The highest BCUT2D eigenvalue weighted by atomic mass is 32.2. The number of para-hydroxylation sites is 1. The predicted octanol–water partition coefficient (Wildman–Crippen LogP) is 0.837. The van der Waals surface area contributed by atoms with E-state index in [0.717, 1.165) is 12.1 Å². The fourth-order valence-electron chi connectivity index (χ4n) is 7.95. The van der Waals surface area contributed by atoms with E-state index in [0.29, 0.717) is 33.5 Å². The van der Waals surface area contributed by atoms with Crippen molar-refractivity contribution in [3.8, 4) is 11.1 Å². The Hall–Kier alpha value is -4.70. The first-order valence-corrected chi connectivity index (χ1v) is 20.7. The Bertz CT molecular complexity index is 2280. The van der Waals surface area contributed by atoms with Gasteiger partial charge in [0.25, 0.3) is 0 Å². The molecule has 3 saturated heterocycles. The number of aliphatic hydroxyl groups excluding tert-OH is 7. The maximum atomic E-state index is 14.5. The van der Waals surface area contributed by atoms with Gasteiger partial charge >= 0.3 is 5.97 Å². The van der Waals surface area contributed by atoms with Gasteiger partial charge in [0.15, 0.2) is 27.5 Å². The molecule has 0 spiro atoms. The molecule has 4 aromatic carbocycles. The Morgan fingerprint density at radius 1 is 0.800 bits per heavy atom. The molecular weight excluding hydrogens is 810 g/mol. The van der Waals surface area contributed by atoms with Crippen LogP contribution in [-0.4, -0.2) is 134 Å². The summed E-state index contributed by atoms with van der Waals surface area (Å²) in [7, 11) is -4.56. The third-order valence-electron chi connectivity index (χ3n) is 11.3. The lowest BCUT2D eigenvalue weighted by atomic mass is 9.87. The minimum atomic E-state index is -4.56. The average Bonchev–Trinajstić information content (AvgIpc) is 3.22. The molecule has 320 valence electrons. The number of amides is 1. The molecule has 0 aromatic heterocycles. The van der Waals surface area contributed by atoms with Crippen LogP contribution in [-0.2, 0) is 33.6 Å². The Kier molecular flexibility index (Phi) is 12.5. The molecule has 16 nitrogen and oxygen atoms in total. The van der Waals surface area contributed by atoms with Crippen molar-refractivity contribution in [3.63, 3.8) is 0 Å². The molecule has 3 heterocycles. The summed E-state index contributed by atoms with van der Waals surface area (Å²) in [5.74, 6) is -4.05. The quantitative estimate of drug-likeness (QED) is 0.0919. The predicted molar refractivity (Wildman–Crippen MR) is 208 cm³/mol. The normalized spacial score (nSPS) is 31.4. The summed E-state index contributed by atoms with van der Waals surface area (Å²) in [5.41, 5.74) is 3.47. The molecule has 18 heteroatoms. The van der Waals surface area contributed by atoms with Crippen LogP contribution < -0.4 is 4.90 Å². The maximum absolute atomic E-state index is 14.5. The highest BCUT2D eigenvalue weighted by Crippen LogP contribution is 2.46. The van der Waals surface area contributed by atoms with Crippen molar-refractivity contribution in [1.29, 1.82) is 0 Å². The second-order valence-electron chi connectivity index (χ2n) is 15.1. The summed E-state index contributed by atoms with van der Waals surface area (Å²) in [5, 5.41) is 79.8. The first-order chi connectivity index (χ1) is 28.5. The minimum Gasteiger partial charge on any atom is -0.479 e. The van der Waals surface area contributed by atoms with Gasteiger partial charge in [0.1, 0.15) is 54.6 Å². The molecule has 3 aliphatic rings. The lowest BCUT2D eigenvalue weighted by molar-refractivity contribution is -0.303. The van der Waals surface area contributed by atoms with E-state index in [4.69, 9.17) is 14.2 Å². The van der Waals surface area contributed by atoms with Gasteiger partial charge in [0.05, 0.1) is 24.5 Å². The lowest BCUT2D eigenvalue weighted by Gasteiger charge is -2.47. The van der Waals surface area contributed by atoms with E-state index in [9.17, 15) is 63.2 Å². The number of sulfone groups is 1. The van der Waals surface area contributed by atoms with E-state index < -0.39 is 119 Å². The van der Waals surface area contributed by atoms with Crippen molar-refractivity contribution in [1.82, 2.24) is 0 Å². The Labute approximate surface area is 343 Å². The number of ether oxygens (including phenoxy) is 3. The second kappa shape index (κ2) is 17.3. The van der Waals surface area contributed by atoms with Gasteiger partial charge in [0, 0.05) is 5.69 Å². The van der Waals surface area contributed by atoms with E-state index in [1.54, 1.807) is 79.7 Å². The number of anilines is 1. The minimum absolute atomic E-state index is 0.0598. The zero-order chi connectivity index (χ0) is 43.2. The van der Waals surface area contributed by atoms with Gasteiger partial charge in [-0.3, -0.25) is 4.79 Å². The number of aliphatic hydroxyl groups is 7. The fourth-order valence-corrected chi connectivity index (χ4v) is 9.94. The molecule has 1 amide bonds. The smallest absolute Gasteiger partial charge is 0.335 e. The van der Waals surface area contributed by atoms with Crippen LogP contribution in [0.5, 0.6) is 0 Å². The van der Waals surface area contributed by atoms with Crippen LogP contribution in [0.1, 0.15) is 40.5 Å². The molecule has 3 fully saturated rings. The molecule has 0 radical (unpaired) electrons. The third-order valence-corrected chi connectivity index (χ3v) is 13.3. The molecule has 60 heavy (non-hydrogen) atoms. The number of carboxylic acid groups (broad SMARTS) is 1. The number of carbonyl (C=O) groups is 2. The van der Waals surface area contributed by atoms with Crippen LogP contribution >= 0.6 is 0 Å². The highest BCUT2D eigenvalue weighted by Gasteiger charge is 2.57. The van der Waals surface area contributed by atoms with Gasteiger partial charge in [-0.1, -0.05) is 72.8 Å². The Morgan fingerprint density at radius 2 is 1.43 bits per heavy atom. The molecule has 0 aliphatic carbocycles. The average molecular weight is 854 g/mol. The molecule has 3 unspecified atom stereocenters. The number of nitrogens with zero attached hydrogens (tertiary/aromatic N) is 1. The fraction of sp³-hybridized carbons (Fsp3) is 0.381. The summed E-state index contributed by atoms with van der Waals surface area (Å²) in [6.07, 6.45) is -18.4. The van der Waals surface area contributed by atoms with Crippen molar-refractivity contribution < 1.29 is 77.5 Å². The van der Waals surface area contributed by atoms with Gasteiger partial charge in [-0.05, 0) is 64.6 Å². The molecule has 0 saturated carbocycles. The van der Waals surface area contributed by atoms with Crippen LogP contribution in [0.15, 0.2) is 97.1 Å². The third kappa shape index (κ3) is 8.20. The number of hydrogen-bond donors (Lipinski definition) is 8. The molecule has 3 aliphatic heterocycles. The molecule has 4 aromatic rings. The number of aryl methyl sites for hydroxylation is 1. The van der Waals surface area contributed by atoms with Crippen LogP contribution in [0.25, 0.3) is 11.1 Å². The second-order valence-corrected chi connectivity index (χ2v) is 17.3. The van der Waals surface area contributed by atoms with Crippen LogP contribution in [0.4, 0.5) is 10.1 Å². The number of hydrogen-bond acceptors (Lipinski definition) is 14. The monoisotopic (exact) mass is 853 g/mol. The maximum Gasteiger partial charge on any atom is 0.335 e. The lowest BCUT2D eigenvalue weighted by Crippen LogP contribution is -2.63. The first-order valence-electron chi connectivity index (χ1n) is 19.0. The number of β-lactam (4-membered cyclic amide) rings is 1. The van der Waals surface area contributed by atoms with Gasteiger partial charge < -0.3 is 60.0 Å². The number of benzene rings is 4. The van der Waals surface area contributed by atoms with Gasteiger partial charge in [-0.15, -0.1) is 0 Å². The first kappa shape index (κ1) is 43.4. The van der Waals surface area contributed by atoms with E-state index in [1.807, 2.05) is 0 Å². The molecule has 7 rings (SSSR count). The van der Waals surface area contributed by atoms with Gasteiger partial charge in [-0.25, -0.2) is 17.6 Å². The SMILES string of the molecule is Cc1cc(-c2ccc(C3O[C@H](CO)[C@@H](O)[C@H](O)[C@H]3O)cc2)ccc1[C@@H]1[C@@H](S(=O)(=O)C[C@H](O[C@@H]2OC(C(=O)O)[C@H](O)[C@H](O)C2O)c2ccc(F)cc2)C(=O)N1c1ccccc1. The van der Waals surface area contributed by atoms with Crippen molar-refractivity contribution >= 4 is 27.4 Å². The Balaban J connectivity index is 1.19. The van der Waals surface area contributed by atoms with E-state index in [-0.39, 0.29) is 5.56 Å². The van der Waals surface area contributed by atoms with E-state index in [1.165, 1.54) is 17.0 Å². The number of halogens is 1. The zero-order valence-electron chi connectivity index (χ0n) is 31.8. The van der Waals surface area contributed by atoms with E-state index in [2.05, 4.69) is 0 Å². The Morgan fingerprint density at radius 3 is 2.05 bits per heavy atom. The van der Waals surface area contributed by atoms with Crippen molar-refractivity contribution in [2.24, 2.45) is 0 Å². The topological polar surface area (TPSA) is 261 Å². The summed E-state index contributed by atoms with van der Waals surface area (Å²) < 4.78 is 59.9. The number of rotatable bonds is 12. The summed E-state index contributed by atoms with van der Waals surface area (Å²) in [6.45, 7) is 1.18. The number of carbonyl (C=O) groups excluding carboxylic acids is 1. The van der Waals surface area contributed by atoms with Crippen molar-refractivity contribution in [2.75, 3.05) is 17.3 Å². The zero-order valence-corrected chi connectivity index (χ0v) is 32.6.